The molecule has 8 heteroatoms. The molecule has 5 nitrogen and oxygen atoms in total. The van der Waals surface area contributed by atoms with E-state index in [1.165, 1.54) is 16.7 Å². The maximum absolute atomic E-state index is 12.9. The van der Waals surface area contributed by atoms with Crippen LogP contribution < -0.4 is 4.74 Å². The van der Waals surface area contributed by atoms with Gasteiger partial charge in [-0.2, -0.15) is 13.2 Å². The summed E-state index contributed by atoms with van der Waals surface area (Å²) in [6.07, 6.45) is -3.53. The van der Waals surface area contributed by atoms with Crippen LogP contribution in [0.1, 0.15) is 35.9 Å². The van der Waals surface area contributed by atoms with Gasteiger partial charge < -0.3 is 9.84 Å². The van der Waals surface area contributed by atoms with Crippen molar-refractivity contribution in [1.29, 1.82) is 0 Å². The van der Waals surface area contributed by atoms with Crippen molar-refractivity contribution in [2.45, 2.75) is 26.1 Å². The molecule has 0 saturated carbocycles. The van der Waals surface area contributed by atoms with Gasteiger partial charge in [-0.1, -0.05) is 12.1 Å². The van der Waals surface area contributed by atoms with Gasteiger partial charge in [0.25, 0.3) is 0 Å². The molecular formula is C14H13F3N2O3. The average molecular weight is 314 g/mol. The topological polar surface area (TPSA) is 64.4 Å². The molecular weight excluding hydrogens is 301 g/mol. The van der Waals surface area contributed by atoms with Gasteiger partial charge in [-0.3, -0.25) is 4.57 Å². The van der Waals surface area contributed by atoms with Crippen LogP contribution in [0, 0.1) is 0 Å². The van der Waals surface area contributed by atoms with Gasteiger partial charge in [0.1, 0.15) is 11.4 Å². The number of carbonyl (C=O) groups is 1. The van der Waals surface area contributed by atoms with Crippen molar-refractivity contribution in [2.24, 2.45) is 0 Å². The lowest BCUT2D eigenvalue weighted by Gasteiger charge is -2.16. The van der Waals surface area contributed by atoms with E-state index in [4.69, 9.17) is 9.84 Å². The van der Waals surface area contributed by atoms with Crippen molar-refractivity contribution in [3.05, 3.63) is 41.7 Å². The van der Waals surface area contributed by atoms with Gasteiger partial charge in [0.05, 0.1) is 11.8 Å². The minimum Gasteiger partial charge on any atom is -0.477 e. The van der Waals surface area contributed by atoms with Gasteiger partial charge in [-0.25, -0.2) is 9.78 Å². The molecule has 1 aromatic heterocycles. The summed E-state index contributed by atoms with van der Waals surface area (Å²) < 4.78 is 45.3. The first kappa shape index (κ1) is 15.9. The quantitative estimate of drug-likeness (QED) is 0.927. The second kappa shape index (κ2) is 5.70. The number of hydrogen-bond donors (Lipinski definition) is 1. The van der Waals surface area contributed by atoms with E-state index in [2.05, 4.69) is 4.98 Å². The molecule has 1 N–H and O–H groups in total. The molecule has 0 atom stereocenters. The van der Waals surface area contributed by atoms with Crippen LogP contribution in [0.25, 0.3) is 0 Å². The van der Waals surface area contributed by atoms with Gasteiger partial charge in [-0.05, 0) is 26.0 Å². The van der Waals surface area contributed by atoms with Crippen LogP contribution in [0.15, 0.2) is 30.5 Å². The lowest BCUT2D eigenvalue weighted by molar-refractivity contribution is -0.138. The summed E-state index contributed by atoms with van der Waals surface area (Å²) in [6, 6.07) is 4.13. The number of carboxylic acids is 1. The number of para-hydroxylation sites is 1. The lowest BCUT2D eigenvalue weighted by atomic mass is 10.2. The smallest absolute Gasteiger partial charge is 0.419 e. The van der Waals surface area contributed by atoms with E-state index < -0.39 is 23.5 Å². The highest BCUT2D eigenvalue weighted by Gasteiger charge is 2.34. The van der Waals surface area contributed by atoms with E-state index in [0.717, 1.165) is 18.3 Å². The molecule has 0 unspecified atom stereocenters. The fraction of sp³-hybridized carbons (Fsp3) is 0.286. The molecule has 0 spiro atoms. The monoisotopic (exact) mass is 314 g/mol. The Hall–Kier alpha value is -2.51. The molecule has 0 amide bonds. The summed E-state index contributed by atoms with van der Waals surface area (Å²) in [6.45, 7) is 3.35. The Labute approximate surface area is 124 Å². The van der Waals surface area contributed by atoms with Crippen molar-refractivity contribution >= 4 is 5.97 Å². The fourth-order valence-corrected chi connectivity index (χ4v) is 1.96. The maximum atomic E-state index is 12.9. The van der Waals surface area contributed by atoms with E-state index in [0.29, 0.717) is 0 Å². The highest BCUT2D eigenvalue weighted by atomic mass is 19.4. The van der Waals surface area contributed by atoms with Crippen molar-refractivity contribution in [2.75, 3.05) is 0 Å². The van der Waals surface area contributed by atoms with E-state index in [9.17, 15) is 18.0 Å². The molecule has 1 aromatic carbocycles. The third kappa shape index (κ3) is 3.05. The van der Waals surface area contributed by atoms with E-state index in [-0.39, 0.29) is 17.7 Å². The molecule has 0 fully saturated rings. The molecule has 2 rings (SSSR count). The number of aromatic carboxylic acids is 1. The molecule has 0 saturated heterocycles. The SMILES string of the molecule is CC(C)n1c(C(=O)O)cnc1Oc1ccccc1C(F)(F)F. The Morgan fingerprint density at radius 2 is 1.95 bits per heavy atom. The van der Waals surface area contributed by atoms with E-state index in [1.807, 2.05) is 0 Å². The summed E-state index contributed by atoms with van der Waals surface area (Å²) >= 11 is 0. The van der Waals surface area contributed by atoms with Crippen molar-refractivity contribution in [3.8, 4) is 11.8 Å². The van der Waals surface area contributed by atoms with Crippen LogP contribution in [-0.4, -0.2) is 20.6 Å². The lowest BCUT2D eigenvalue weighted by Crippen LogP contribution is -2.13. The second-order valence-electron chi connectivity index (χ2n) is 4.79. The maximum Gasteiger partial charge on any atom is 0.419 e. The number of aromatic nitrogens is 2. The molecule has 0 aliphatic rings. The molecule has 118 valence electrons. The predicted molar refractivity (Wildman–Crippen MR) is 71.1 cm³/mol. The molecule has 0 radical (unpaired) electrons. The second-order valence-corrected chi connectivity index (χ2v) is 4.79. The number of halogens is 3. The highest BCUT2D eigenvalue weighted by Crippen LogP contribution is 2.38. The zero-order valence-corrected chi connectivity index (χ0v) is 11.8. The Morgan fingerprint density at radius 1 is 1.32 bits per heavy atom. The fourth-order valence-electron chi connectivity index (χ4n) is 1.96. The van der Waals surface area contributed by atoms with Crippen LogP contribution in [-0.2, 0) is 6.18 Å². The molecule has 0 bridgehead atoms. The minimum absolute atomic E-state index is 0.158. The normalized spacial score (nSPS) is 11.7. The van der Waals surface area contributed by atoms with Gasteiger partial charge >= 0.3 is 18.2 Å². The zero-order valence-electron chi connectivity index (χ0n) is 11.8. The van der Waals surface area contributed by atoms with Crippen LogP contribution in [0.5, 0.6) is 11.8 Å². The summed E-state index contributed by atoms with van der Waals surface area (Å²) in [5.74, 6) is -1.67. The summed E-state index contributed by atoms with van der Waals surface area (Å²) in [7, 11) is 0. The molecule has 2 aromatic rings. The number of benzene rings is 1. The Balaban J connectivity index is 2.47. The van der Waals surface area contributed by atoms with Gasteiger partial charge in [0.2, 0.25) is 0 Å². The number of ether oxygens (including phenoxy) is 1. The molecule has 0 aliphatic carbocycles. The first-order chi connectivity index (χ1) is 10.2. The van der Waals surface area contributed by atoms with Crippen molar-refractivity contribution in [1.82, 2.24) is 9.55 Å². The highest BCUT2D eigenvalue weighted by molar-refractivity contribution is 5.85. The Kier molecular flexibility index (Phi) is 4.11. The van der Waals surface area contributed by atoms with E-state index in [1.54, 1.807) is 13.8 Å². The number of alkyl halides is 3. The Morgan fingerprint density at radius 3 is 2.50 bits per heavy atom. The third-order valence-electron chi connectivity index (χ3n) is 2.89. The van der Waals surface area contributed by atoms with Crippen LogP contribution >= 0.6 is 0 Å². The average Bonchev–Trinajstić information content (AvgIpc) is 2.82. The standard InChI is InChI=1S/C14H13F3N2O3/c1-8(2)19-10(12(20)21)7-18-13(19)22-11-6-4-3-5-9(11)14(15,16)17/h3-8H,1-2H3,(H,20,21). The van der Waals surface area contributed by atoms with Crippen molar-refractivity contribution < 1.29 is 27.8 Å². The van der Waals surface area contributed by atoms with Crippen LogP contribution in [0.4, 0.5) is 13.2 Å². The Bertz CT molecular complexity index is 693. The molecule has 0 aliphatic heterocycles. The largest absolute Gasteiger partial charge is 0.477 e. The molecule has 22 heavy (non-hydrogen) atoms. The summed E-state index contributed by atoms with van der Waals surface area (Å²) in [4.78, 5) is 14.9. The summed E-state index contributed by atoms with van der Waals surface area (Å²) in [5.41, 5.74) is -1.11. The zero-order chi connectivity index (χ0) is 16.5. The summed E-state index contributed by atoms with van der Waals surface area (Å²) in [5, 5.41) is 9.08. The minimum atomic E-state index is -4.58. The number of rotatable bonds is 4. The molecule has 1 heterocycles. The first-order valence-electron chi connectivity index (χ1n) is 6.36. The van der Waals surface area contributed by atoms with E-state index >= 15 is 0 Å². The third-order valence-corrected chi connectivity index (χ3v) is 2.89. The number of hydrogen-bond acceptors (Lipinski definition) is 3. The van der Waals surface area contributed by atoms with Crippen molar-refractivity contribution in [3.63, 3.8) is 0 Å². The van der Waals surface area contributed by atoms with Crippen LogP contribution in [0.3, 0.4) is 0 Å². The number of carboxylic acid groups (broad SMARTS) is 1. The van der Waals surface area contributed by atoms with Crippen LogP contribution in [0.2, 0.25) is 0 Å². The van der Waals surface area contributed by atoms with Gasteiger partial charge in [-0.15, -0.1) is 0 Å². The van der Waals surface area contributed by atoms with Gasteiger partial charge in [0, 0.05) is 6.04 Å². The first-order valence-corrected chi connectivity index (χ1v) is 6.36. The van der Waals surface area contributed by atoms with Gasteiger partial charge in [0.15, 0.2) is 0 Å². The number of nitrogens with zero attached hydrogens (tertiary/aromatic N) is 2. The predicted octanol–water partition coefficient (Wildman–Crippen LogP) is 3.97. The number of imidazole rings is 1.